The highest BCUT2D eigenvalue weighted by Crippen LogP contribution is 2.36. The van der Waals surface area contributed by atoms with Crippen molar-refractivity contribution < 1.29 is 0 Å². The predicted octanol–water partition coefficient (Wildman–Crippen LogP) is 1.86. The van der Waals surface area contributed by atoms with Gasteiger partial charge in [-0.2, -0.15) is 0 Å². The Hall–Kier alpha value is -0.930. The smallest absolute Gasteiger partial charge is 0.0312 e. The van der Waals surface area contributed by atoms with E-state index in [0.29, 0.717) is 0 Å². The molecule has 3 heterocycles. The normalized spacial score (nSPS) is 31.8. The summed E-state index contributed by atoms with van der Waals surface area (Å²) < 4.78 is 0. The minimum Gasteiger partial charge on any atom is -0.302 e. The van der Waals surface area contributed by atoms with Crippen LogP contribution in [-0.2, 0) is 6.54 Å². The van der Waals surface area contributed by atoms with E-state index in [9.17, 15) is 0 Å². The molecule has 102 valence electrons. The molecule has 0 bridgehead atoms. The van der Waals surface area contributed by atoms with Crippen LogP contribution in [0.2, 0.25) is 0 Å². The summed E-state index contributed by atoms with van der Waals surface area (Å²) in [6.07, 6.45) is 6.84. The minimum absolute atomic E-state index is 0.926. The summed E-state index contributed by atoms with van der Waals surface area (Å²) in [5.41, 5.74) is 1.36. The van der Waals surface area contributed by atoms with Crippen molar-refractivity contribution in [2.24, 2.45) is 17.8 Å². The van der Waals surface area contributed by atoms with Gasteiger partial charge < -0.3 is 4.90 Å². The van der Waals surface area contributed by atoms with E-state index in [0.717, 1.165) is 24.3 Å². The van der Waals surface area contributed by atoms with Crippen molar-refractivity contribution in [3.8, 4) is 0 Å². The second-order valence-electron chi connectivity index (χ2n) is 6.74. The average Bonchev–Trinajstić information content (AvgIpc) is 3.02. The van der Waals surface area contributed by atoms with Crippen LogP contribution in [-0.4, -0.2) is 47.5 Å². The Morgan fingerprint density at radius 2 is 1.79 bits per heavy atom. The van der Waals surface area contributed by atoms with Crippen LogP contribution in [0.4, 0.5) is 0 Å². The Labute approximate surface area is 115 Å². The lowest BCUT2D eigenvalue weighted by Crippen LogP contribution is -2.29. The lowest BCUT2D eigenvalue weighted by molar-refractivity contribution is 0.245. The lowest BCUT2D eigenvalue weighted by Gasteiger charge is -2.21. The Morgan fingerprint density at radius 3 is 2.42 bits per heavy atom. The Morgan fingerprint density at radius 1 is 1.05 bits per heavy atom. The maximum absolute atomic E-state index is 4.22. The summed E-state index contributed by atoms with van der Waals surface area (Å²) in [7, 11) is 0. The molecule has 1 saturated carbocycles. The van der Waals surface area contributed by atoms with E-state index in [1.807, 2.05) is 18.5 Å². The van der Waals surface area contributed by atoms with Crippen molar-refractivity contribution in [2.75, 3.05) is 32.7 Å². The molecule has 2 aliphatic heterocycles. The Kier molecular flexibility index (Phi) is 3.04. The zero-order valence-corrected chi connectivity index (χ0v) is 11.5. The molecule has 2 saturated heterocycles. The van der Waals surface area contributed by atoms with Crippen molar-refractivity contribution in [1.82, 2.24) is 14.8 Å². The molecular weight excluding hydrogens is 234 g/mol. The molecule has 0 amide bonds. The molecule has 0 radical (unpaired) electrons. The minimum atomic E-state index is 0.926. The monoisotopic (exact) mass is 257 g/mol. The van der Waals surface area contributed by atoms with Gasteiger partial charge in [-0.25, -0.2) is 0 Å². The third kappa shape index (κ3) is 2.67. The largest absolute Gasteiger partial charge is 0.302 e. The van der Waals surface area contributed by atoms with Gasteiger partial charge in [-0.3, -0.25) is 9.88 Å². The van der Waals surface area contributed by atoms with Gasteiger partial charge in [0.2, 0.25) is 0 Å². The molecular formula is C16H23N3. The number of fused-ring (bicyclic) bond motifs is 1. The SMILES string of the molecule is c1cncc(CN2C[C@@H]3CN(CC4CC4)C[C@@H]3C2)c1. The molecule has 1 aromatic rings. The summed E-state index contributed by atoms with van der Waals surface area (Å²) >= 11 is 0. The second-order valence-corrected chi connectivity index (χ2v) is 6.74. The highest BCUT2D eigenvalue weighted by Gasteiger charge is 2.40. The summed E-state index contributed by atoms with van der Waals surface area (Å²) in [5.74, 6) is 2.90. The molecule has 0 spiro atoms. The fourth-order valence-corrected chi connectivity index (χ4v) is 3.88. The van der Waals surface area contributed by atoms with E-state index in [2.05, 4.69) is 20.9 Å². The molecule has 0 aromatic carbocycles. The average molecular weight is 257 g/mol. The van der Waals surface area contributed by atoms with Crippen molar-refractivity contribution in [3.63, 3.8) is 0 Å². The number of pyridine rings is 1. The lowest BCUT2D eigenvalue weighted by atomic mass is 10.0. The summed E-state index contributed by atoms with van der Waals surface area (Å²) in [4.78, 5) is 9.57. The zero-order valence-electron chi connectivity index (χ0n) is 11.5. The summed E-state index contributed by atoms with van der Waals surface area (Å²) in [5, 5.41) is 0. The molecule has 3 fully saturated rings. The van der Waals surface area contributed by atoms with Gasteiger partial charge in [0, 0.05) is 51.7 Å². The quantitative estimate of drug-likeness (QED) is 0.820. The first-order valence-corrected chi connectivity index (χ1v) is 7.70. The standard InChI is InChI=1S/C16H23N3/c1-2-14(6-17-5-1)8-19-11-15-9-18(7-13-3-4-13)10-16(15)12-19/h1-2,5-6,13,15-16H,3-4,7-12H2/t15-,16+. The Bertz CT molecular complexity index is 415. The van der Waals surface area contributed by atoms with E-state index in [1.54, 1.807) is 0 Å². The van der Waals surface area contributed by atoms with E-state index in [1.165, 1.54) is 51.1 Å². The van der Waals surface area contributed by atoms with Gasteiger partial charge >= 0.3 is 0 Å². The molecule has 3 aliphatic rings. The van der Waals surface area contributed by atoms with Gasteiger partial charge in [0.25, 0.3) is 0 Å². The first kappa shape index (κ1) is 11.9. The van der Waals surface area contributed by atoms with E-state index >= 15 is 0 Å². The summed E-state index contributed by atoms with van der Waals surface area (Å²) in [6.45, 7) is 7.76. The van der Waals surface area contributed by atoms with Crippen LogP contribution in [0.25, 0.3) is 0 Å². The van der Waals surface area contributed by atoms with Crippen LogP contribution in [0, 0.1) is 17.8 Å². The third-order valence-corrected chi connectivity index (χ3v) is 4.98. The van der Waals surface area contributed by atoms with E-state index in [4.69, 9.17) is 0 Å². The van der Waals surface area contributed by atoms with E-state index < -0.39 is 0 Å². The molecule has 3 nitrogen and oxygen atoms in total. The topological polar surface area (TPSA) is 19.4 Å². The number of hydrogen-bond acceptors (Lipinski definition) is 3. The number of likely N-dealkylation sites (tertiary alicyclic amines) is 2. The fourth-order valence-electron chi connectivity index (χ4n) is 3.88. The second kappa shape index (κ2) is 4.88. The van der Waals surface area contributed by atoms with Crippen molar-refractivity contribution in [1.29, 1.82) is 0 Å². The molecule has 2 atom stereocenters. The number of aromatic nitrogens is 1. The summed E-state index contributed by atoms with van der Waals surface area (Å²) in [6, 6.07) is 4.24. The van der Waals surface area contributed by atoms with Gasteiger partial charge in [-0.05, 0) is 42.2 Å². The van der Waals surface area contributed by atoms with E-state index in [-0.39, 0.29) is 0 Å². The van der Waals surface area contributed by atoms with Crippen molar-refractivity contribution in [2.45, 2.75) is 19.4 Å². The molecule has 0 unspecified atom stereocenters. The van der Waals surface area contributed by atoms with Crippen molar-refractivity contribution >= 4 is 0 Å². The highest BCUT2D eigenvalue weighted by molar-refractivity contribution is 5.09. The number of hydrogen-bond donors (Lipinski definition) is 0. The number of nitrogens with zero attached hydrogens (tertiary/aromatic N) is 3. The maximum Gasteiger partial charge on any atom is 0.0312 e. The van der Waals surface area contributed by atoms with Gasteiger partial charge in [0.05, 0.1) is 0 Å². The molecule has 3 heteroatoms. The van der Waals surface area contributed by atoms with Crippen LogP contribution in [0.5, 0.6) is 0 Å². The zero-order chi connectivity index (χ0) is 12.7. The first-order chi connectivity index (χ1) is 9.37. The van der Waals surface area contributed by atoms with Gasteiger partial charge in [-0.1, -0.05) is 6.07 Å². The molecule has 1 aromatic heterocycles. The fraction of sp³-hybridized carbons (Fsp3) is 0.688. The molecule has 1 aliphatic carbocycles. The highest BCUT2D eigenvalue weighted by atomic mass is 15.2. The third-order valence-electron chi connectivity index (χ3n) is 4.98. The van der Waals surface area contributed by atoms with Crippen LogP contribution in [0.1, 0.15) is 18.4 Å². The maximum atomic E-state index is 4.22. The van der Waals surface area contributed by atoms with Crippen LogP contribution < -0.4 is 0 Å². The van der Waals surface area contributed by atoms with Gasteiger partial charge in [-0.15, -0.1) is 0 Å². The molecule has 4 rings (SSSR count). The predicted molar refractivity (Wildman–Crippen MR) is 75.7 cm³/mol. The van der Waals surface area contributed by atoms with Crippen LogP contribution >= 0.6 is 0 Å². The Balaban J connectivity index is 1.30. The number of rotatable bonds is 4. The first-order valence-electron chi connectivity index (χ1n) is 7.70. The molecule has 19 heavy (non-hydrogen) atoms. The van der Waals surface area contributed by atoms with Crippen molar-refractivity contribution in [3.05, 3.63) is 30.1 Å². The van der Waals surface area contributed by atoms with Gasteiger partial charge in [0.15, 0.2) is 0 Å². The van der Waals surface area contributed by atoms with Gasteiger partial charge in [0.1, 0.15) is 0 Å². The molecule has 0 N–H and O–H groups in total. The van der Waals surface area contributed by atoms with Crippen LogP contribution in [0.15, 0.2) is 24.5 Å². The van der Waals surface area contributed by atoms with Crippen LogP contribution in [0.3, 0.4) is 0 Å².